The maximum Gasteiger partial charge on any atom is 0.245 e. The molecular weight excluding hydrogens is 306 g/mol. The van der Waals surface area contributed by atoms with Gasteiger partial charge in [0, 0.05) is 18.7 Å². The van der Waals surface area contributed by atoms with Crippen LogP contribution in [0.1, 0.15) is 57.1 Å². The van der Waals surface area contributed by atoms with Crippen molar-refractivity contribution in [3.05, 3.63) is 24.2 Å². The third-order valence-electron chi connectivity index (χ3n) is 4.77. The summed E-state index contributed by atoms with van der Waals surface area (Å²) in [7, 11) is 0. The lowest BCUT2D eigenvalue weighted by Crippen LogP contribution is -2.30. The Hall–Kier alpha value is -2.11. The number of hydrazone groups is 1. The Morgan fingerprint density at radius 2 is 2.00 bits per heavy atom. The molecule has 2 fully saturated rings. The SMILES string of the molecule is O=C(NN=C1CCCCCCC1)C1CC(=O)N(Cc2ccco2)C1. The Balaban J connectivity index is 1.50. The van der Waals surface area contributed by atoms with Crippen molar-refractivity contribution in [2.75, 3.05) is 6.54 Å². The summed E-state index contributed by atoms with van der Waals surface area (Å²) in [5.74, 6) is 0.245. The number of hydrogen-bond donors (Lipinski definition) is 1. The van der Waals surface area contributed by atoms with Gasteiger partial charge in [-0.1, -0.05) is 19.3 Å². The van der Waals surface area contributed by atoms with Crippen molar-refractivity contribution in [3.63, 3.8) is 0 Å². The molecule has 1 atom stereocenters. The Labute approximate surface area is 142 Å². The van der Waals surface area contributed by atoms with Gasteiger partial charge in [0.2, 0.25) is 11.8 Å². The van der Waals surface area contributed by atoms with Crippen LogP contribution in [0.25, 0.3) is 0 Å². The van der Waals surface area contributed by atoms with Crippen LogP contribution in [-0.4, -0.2) is 29.0 Å². The van der Waals surface area contributed by atoms with Crippen LogP contribution in [0.3, 0.4) is 0 Å². The molecule has 2 aliphatic rings. The third-order valence-corrected chi connectivity index (χ3v) is 4.77. The smallest absolute Gasteiger partial charge is 0.245 e. The van der Waals surface area contributed by atoms with E-state index < -0.39 is 0 Å². The molecule has 1 aliphatic carbocycles. The molecule has 130 valence electrons. The first kappa shape index (κ1) is 16.7. The number of nitrogens with zero attached hydrogens (tertiary/aromatic N) is 2. The van der Waals surface area contributed by atoms with E-state index in [0.717, 1.165) is 37.2 Å². The molecular formula is C18H25N3O3. The van der Waals surface area contributed by atoms with E-state index in [9.17, 15) is 9.59 Å². The first-order valence-electron chi connectivity index (χ1n) is 8.88. The number of likely N-dealkylation sites (tertiary alicyclic amines) is 1. The Morgan fingerprint density at radius 1 is 1.25 bits per heavy atom. The highest BCUT2D eigenvalue weighted by Gasteiger charge is 2.34. The van der Waals surface area contributed by atoms with Gasteiger partial charge in [-0.3, -0.25) is 9.59 Å². The van der Waals surface area contributed by atoms with Crippen molar-refractivity contribution in [1.82, 2.24) is 10.3 Å². The second kappa shape index (κ2) is 8.13. The van der Waals surface area contributed by atoms with Crippen molar-refractivity contribution in [2.24, 2.45) is 11.0 Å². The van der Waals surface area contributed by atoms with Crippen LogP contribution in [0, 0.1) is 5.92 Å². The Morgan fingerprint density at radius 3 is 2.71 bits per heavy atom. The fraction of sp³-hybridized carbons (Fsp3) is 0.611. The predicted molar refractivity (Wildman–Crippen MR) is 90.1 cm³/mol. The summed E-state index contributed by atoms with van der Waals surface area (Å²) in [5, 5.41) is 4.32. The van der Waals surface area contributed by atoms with Crippen LogP contribution in [0.2, 0.25) is 0 Å². The first-order chi connectivity index (χ1) is 11.7. The summed E-state index contributed by atoms with van der Waals surface area (Å²) in [6.07, 6.45) is 9.85. The number of amides is 2. The number of hydrogen-bond acceptors (Lipinski definition) is 4. The molecule has 6 heteroatoms. The largest absolute Gasteiger partial charge is 0.467 e. The van der Waals surface area contributed by atoms with E-state index in [1.165, 1.54) is 19.3 Å². The molecule has 1 N–H and O–H groups in total. The zero-order valence-corrected chi connectivity index (χ0v) is 14.0. The van der Waals surface area contributed by atoms with Gasteiger partial charge in [-0.05, 0) is 37.8 Å². The average molecular weight is 331 g/mol. The molecule has 2 amide bonds. The van der Waals surface area contributed by atoms with Gasteiger partial charge in [-0.25, -0.2) is 5.43 Å². The van der Waals surface area contributed by atoms with Crippen molar-refractivity contribution < 1.29 is 14.0 Å². The highest BCUT2D eigenvalue weighted by molar-refractivity contribution is 5.90. The molecule has 1 aromatic heterocycles. The second-order valence-electron chi connectivity index (χ2n) is 6.68. The monoisotopic (exact) mass is 331 g/mol. The summed E-state index contributed by atoms with van der Waals surface area (Å²) >= 11 is 0. The highest BCUT2D eigenvalue weighted by atomic mass is 16.3. The molecule has 6 nitrogen and oxygen atoms in total. The predicted octanol–water partition coefficient (Wildman–Crippen LogP) is 2.84. The zero-order chi connectivity index (χ0) is 16.8. The van der Waals surface area contributed by atoms with Gasteiger partial charge in [-0.15, -0.1) is 0 Å². The van der Waals surface area contributed by atoms with Crippen LogP contribution in [0.15, 0.2) is 27.9 Å². The lowest BCUT2D eigenvalue weighted by molar-refractivity contribution is -0.129. The van der Waals surface area contributed by atoms with Crippen molar-refractivity contribution in [2.45, 2.75) is 57.9 Å². The van der Waals surface area contributed by atoms with Crippen molar-refractivity contribution >= 4 is 17.5 Å². The van der Waals surface area contributed by atoms with Crippen LogP contribution < -0.4 is 5.43 Å². The van der Waals surface area contributed by atoms with Crippen LogP contribution in [0.5, 0.6) is 0 Å². The van der Waals surface area contributed by atoms with Gasteiger partial charge >= 0.3 is 0 Å². The molecule has 1 unspecified atom stereocenters. The second-order valence-corrected chi connectivity index (χ2v) is 6.68. The Kier molecular flexibility index (Phi) is 5.67. The number of rotatable bonds is 4. The fourth-order valence-corrected chi connectivity index (χ4v) is 3.34. The van der Waals surface area contributed by atoms with E-state index in [2.05, 4.69) is 10.5 Å². The summed E-state index contributed by atoms with van der Waals surface area (Å²) in [6, 6.07) is 3.63. The molecule has 0 radical (unpaired) electrons. The maximum absolute atomic E-state index is 12.3. The third kappa shape index (κ3) is 4.46. The van der Waals surface area contributed by atoms with Crippen molar-refractivity contribution in [3.8, 4) is 0 Å². The molecule has 1 aromatic rings. The molecule has 0 spiro atoms. The lowest BCUT2D eigenvalue weighted by atomic mass is 9.99. The maximum atomic E-state index is 12.3. The summed E-state index contributed by atoms with van der Waals surface area (Å²) < 4.78 is 5.27. The van der Waals surface area contributed by atoms with E-state index in [1.807, 2.05) is 6.07 Å². The van der Waals surface area contributed by atoms with Gasteiger partial charge < -0.3 is 9.32 Å². The summed E-state index contributed by atoms with van der Waals surface area (Å²) in [5.41, 5.74) is 3.77. The van der Waals surface area contributed by atoms with E-state index in [1.54, 1.807) is 17.2 Å². The van der Waals surface area contributed by atoms with E-state index >= 15 is 0 Å². The van der Waals surface area contributed by atoms with Gasteiger partial charge in [0.1, 0.15) is 5.76 Å². The fourth-order valence-electron chi connectivity index (χ4n) is 3.34. The van der Waals surface area contributed by atoms with E-state index in [-0.39, 0.29) is 24.2 Å². The molecule has 24 heavy (non-hydrogen) atoms. The molecule has 3 rings (SSSR count). The number of carbonyl (C=O) groups excluding carboxylic acids is 2. The minimum absolute atomic E-state index is 0.00911. The molecule has 1 saturated carbocycles. The molecule has 1 saturated heterocycles. The Bertz CT molecular complexity index is 585. The van der Waals surface area contributed by atoms with Gasteiger partial charge in [0.05, 0.1) is 18.7 Å². The van der Waals surface area contributed by atoms with Gasteiger partial charge in [0.15, 0.2) is 0 Å². The standard InChI is InChI=1S/C18H25N3O3/c22-17-11-14(12-21(17)13-16-9-6-10-24-16)18(23)20-19-15-7-4-2-1-3-5-8-15/h6,9-10,14H,1-5,7-8,11-13H2,(H,20,23). The van der Waals surface area contributed by atoms with Crippen molar-refractivity contribution in [1.29, 1.82) is 0 Å². The minimum atomic E-state index is -0.328. The quantitative estimate of drug-likeness (QED) is 0.862. The lowest BCUT2D eigenvalue weighted by Gasteiger charge is -2.15. The molecule has 0 bridgehead atoms. The van der Waals surface area contributed by atoms with Crippen LogP contribution in [0.4, 0.5) is 0 Å². The average Bonchev–Trinajstić information content (AvgIpc) is 3.17. The van der Waals surface area contributed by atoms with Gasteiger partial charge in [-0.2, -0.15) is 5.10 Å². The van der Waals surface area contributed by atoms with E-state index in [0.29, 0.717) is 13.1 Å². The molecule has 1 aliphatic heterocycles. The molecule has 0 aromatic carbocycles. The van der Waals surface area contributed by atoms with Gasteiger partial charge in [0.25, 0.3) is 0 Å². The summed E-state index contributed by atoms with van der Waals surface area (Å²) in [6.45, 7) is 0.848. The van der Waals surface area contributed by atoms with Crippen LogP contribution >= 0.6 is 0 Å². The number of nitrogens with one attached hydrogen (secondary N) is 1. The minimum Gasteiger partial charge on any atom is -0.467 e. The number of furan rings is 1. The summed E-state index contributed by atoms with van der Waals surface area (Å²) in [4.78, 5) is 26.1. The number of carbonyl (C=O) groups is 2. The molecule has 2 heterocycles. The zero-order valence-electron chi connectivity index (χ0n) is 14.0. The van der Waals surface area contributed by atoms with Crippen LogP contribution in [-0.2, 0) is 16.1 Å². The normalized spacial score (nSPS) is 22.2. The first-order valence-corrected chi connectivity index (χ1v) is 8.88. The highest BCUT2D eigenvalue weighted by Crippen LogP contribution is 2.21. The van der Waals surface area contributed by atoms with E-state index in [4.69, 9.17) is 4.42 Å². The topological polar surface area (TPSA) is 74.9 Å².